The molecule has 0 aliphatic rings. The van der Waals surface area contributed by atoms with Gasteiger partial charge in [0, 0.05) is 36.2 Å². The van der Waals surface area contributed by atoms with Crippen molar-refractivity contribution < 1.29 is 18.3 Å². The lowest BCUT2D eigenvalue weighted by molar-refractivity contribution is 0.0691. The van der Waals surface area contributed by atoms with Crippen molar-refractivity contribution in [2.75, 3.05) is 6.54 Å². The molecule has 0 saturated carbocycles. The Hall–Kier alpha value is -1.78. The zero-order valence-electron chi connectivity index (χ0n) is 10.6. The molecule has 0 amide bonds. The summed E-state index contributed by atoms with van der Waals surface area (Å²) in [5, 5.41) is 8.73. The lowest BCUT2D eigenvalue weighted by Crippen LogP contribution is -2.27. The van der Waals surface area contributed by atoms with Crippen LogP contribution < -0.4 is 4.72 Å². The van der Waals surface area contributed by atoms with E-state index in [4.69, 9.17) is 5.11 Å². The summed E-state index contributed by atoms with van der Waals surface area (Å²) in [5.41, 5.74) is -0.0888. The molecule has 2 rings (SSSR count). The molecule has 0 atom stereocenters. The molecule has 0 fully saturated rings. The number of nitrogens with zero attached hydrogens (tertiary/aromatic N) is 3. The molecule has 0 unspecified atom stereocenters. The van der Waals surface area contributed by atoms with Gasteiger partial charge < -0.3 is 9.67 Å². The van der Waals surface area contributed by atoms with Crippen molar-refractivity contribution in [2.45, 2.75) is 11.4 Å². The summed E-state index contributed by atoms with van der Waals surface area (Å²) in [7, 11) is -3.66. The average molecular weight is 375 g/mol. The molecule has 0 radical (unpaired) electrons. The quantitative estimate of drug-likeness (QED) is 0.769. The van der Waals surface area contributed by atoms with Gasteiger partial charge in [-0.1, -0.05) is 0 Å². The summed E-state index contributed by atoms with van der Waals surface area (Å²) in [4.78, 5) is 18.2. The van der Waals surface area contributed by atoms with Crippen molar-refractivity contribution in [3.63, 3.8) is 0 Å². The summed E-state index contributed by atoms with van der Waals surface area (Å²) in [5.74, 6) is -1.13. The molecule has 0 saturated heterocycles. The molecule has 21 heavy (non-hydrogen) atoms. The van der Waals surface area contributed by atoms with Crippen molar-refractivity contribution in [1.29, 1.82) is 0 Å². The summed E-state index contributed by atoms with van der Waals surface area (Å²) in [6.07, 6.45) is 5.39. The highest BCUT2D eigenvalue weighted by atomic mass is 79.9. The number of nitrogens with one attached hydrogen (secondary N) is 1. The van der Waals surface area contributed by atoms with Crippen molar-refractivity contribution in [1.82, 2.24) is 19.3 Å². The number of carboxylic acids is 1. The maximum atomic E-state index is 12.0. The topological polar surface area (TPSA) is 114 Å². The number of imidazole rings is 1. The van der Waals surface area contributed by atoms with E-state index in [1.807, 2.05) is 0 Å². The van der Waals surface area contributed by atoms with Crippen molar-refractivity contribution >= 4 is 31.9 Å². The maximum Gasteiger partial charge on any atom is 0.356 e. The predicted octanol–water partition coefficient (Wildman–Crippen LogP) is 0.717. The molecule has 8 nitrogen and oxygen atoms in total. The highest BCUT2D eigenvalue weighted by Crippen LogP contribution is 2.13. The molecule has 112 valence electrons. The second kappa shape index (κ2) is 6.33. The van der Waals surface area contributed by atoms with Crippen molar-refractivity contribution in [3.05, 3.63) is 41.2 Å². The second-order valence-corrected chi connectivity index (χ2v) is 6.72. The van der Waals surface area contributed by atoms with Crippen molar-refractivity contribution in [3.8, 4) is 0 Å². The zero-order chi connectivity index (χ0) is 15.5. The highest BCUT2D eigenvalue weighted by molar-refractivity contribution is 9.10. The first kappa shape index (κ1) is 15.6. The Morgan fingerprint density at radius 2 is 2.19 bits per heavy atom. The number of halogens is 1. The number of sulfonamides is 1. The van der Waals surface area contributed by atoms with Crippen LogP contribution in [0.1, 0.15) is 10.5 Å². The first-order valence-corrected chi connectivity index (χ1v) is 8.01. The van der Waals surface area contributed by atoms with Gasteiger partial charge in [0.15, 0.2) is 5.69 Å². The Morgan fingerprint density at radius 3 is 2.81 bits per heavy atom. The zero-order valence-corrected chi connectivity index (χ0v) is 13.0. The minimum atomic E-state index is -3.66. The van der Waals surface area contributed by atoms with Crippen molar-refractivity contribution in [2.24, 2.45) is 0 Å². The third-order valence-electron chi connectivity index (χ3n) is 2.50. The maximum absolute atomic E-state index is 12.0. The first-order chi connectivity index (χ1) is 9.88. The molecule has 2 aromatic heterocycles. The van der Waals surface area contributed by atoms with Gasteiger partial charge in [-0.25, -0.2) is 22.9 Å². The molecule has 2 aromatic rings. The van der Waals surface area contributed by atoms with Gasteiger partial charge in [0.25, 0.3) is 0 Å². The van der Waals surface area contributed by atoms with E-state index in [0.29, 0.717) is 4.47 Å². The van der Waals surface area contributed by atoms with E-state index in [0.717, 1.165) is 0 Å². The van der Waals surface area contributed by atoms with E-state index in [1.54, 1.807) is 0 Å². The minimum absolute atomic E-state index is 0.0498. The summed E-state index contributed by atoms with van der Waals surface area (Å²) in [6.45, 7) is 0.366. The highest BCUT2D eigenvalue weighted by Gasteiger charge is 2.14. The number of pyridine rings is 1. The average Bonchev–Trinajstić information content (AvgIpc) is 2.87. The van der Waals surface area contributed by atoms with Gasteiger partial charge in [-0.15, -0.1) is 0 Å². The van der Waals surface area contributed by atoms with Gasteiger partial charge in [-0.05, 0) is 22.0 Å². The lowest BCUT2D eigenvalue weighted by Gasteiger charge is -2.07. The molecule has 0 spiro atoms. The number of carboxylic acid groups (broad SMARTS) is 1. The molecular formula is C11H11BrN4O4S. The third-order valence-corrected chi connectivity index (χ3v) is 4.37. The van der Waals surface area contributed by atoms with E-state index in [-0.39, 0.29) is 23.7 Å². The smallest absolute Gasteiger partial charge is 0.356 e. The van der Waals surface area contributed by atoms with E-state index < -0.39 is 16.0 Å². The number of hydrogen-bond acceptors (Lipinski definition) is 5. The van der Waals surface area contributed by atoms with Crippen LogP contribution >= 0.6 is 15.9 Å². The molecule has 10 heteroatoms. The number of hydrogen-bond donors (Lipinski definition) is 2. The number of aromatic nitrogens is 3. The molecule has 0 bridgehead atoms. The second-order valence-electron chi connectivity index (χ2n) is 4.04. The van der Waals surface area contributed by atoms with E-state index in [9.17, 15) is 13.2 Å². The fourth-order valence-corrected chi connectivity index (χ4v) is 3.05. The van der Waals surface area contributed by atoms with Gasteiger partial charge in [0.05, 0.1) is 6.33 Å². The summed E-state index contributed by atoms with van der Waals surface area (Å²) >= 11 is 3.15. The van der Waals surface area contributed by atoms with Crippen LogP contribution in [0, 0.1) is 0 Å². The van der Waals surface area contributed by atoms with Crippen LogP contribution in [0.2, 0.25) is 0 Å². The Kier molecular flexibility index (Phi) is 4.70. The van der Waals surface area contributed by atoms with Crippen LogP contribution in [0.25, 0.3) is 0 Å². The van der Waals surface area contributed by atoms with Gasteiger partial charge in [0.1, 0.15) is 4.90 Å². The number of rotatable bonds is 6. The number of aromatic carboxylic acids is 1. The lowest BCUT2D eigenvalue weighted by atomic mass is 10.5. The monoisotopic (exact) mass is 374 g/mol. The van der Waals surface area contributed by atoms with Gasteiger partial charge in [-0.2, -0.15) is 0 Å². The van der Waals surface area contributed by atoms with E-state index in [1.165, 1.54) is 35.6 Å². The fourth-order valence-electron chi connectivity index (χ4n) is 1.52. The van der Waals surface area contributed by atoms with Crippen LogP contribution in [0.15, 0.2) is 40.4 Å². The molecule has 2 heterocycles. The fraction of sp³-hybridized carbons (Fsp3) is 0.182. The first-order valence-electron chi connectivity index (χ1n) is 5.74. The SMILES string of the molecule is O=C(O)c1cn(CCNS(=O)(=O)c2cncc(Br)c2)cn1. The van der Waals surface area contributed by atoms with Crippen LogP contribution in [0.5, 0.6) is 0 Å². The Morgan fingerprint density at radius 1 is 1.43 bits per heavy atom. The Balaban J connectivity index is 1.97. The largest absolute Gasteiger partial charge is 0.476 e. The minimum Gasteiger partial charge on any atom is -0.476 e. The molecule has 0 aliphatic carbocycles. The Bertz CT molecular complexity index is 759. The molecular weight excluding hydrogens is 364 g/mol. The van der Waals surface area contributed by atoms with E-state index in [2.05, 4.69) is 30.6 Å². The third kappa shape index (κ3) is 4.09. The van der Waals surface area contributed by atoms with Gasteiger partial charge >= 0.3 is 5.97 Å². The molecule has 2 N–H and O–H groups in total. The van der Waals surface area contributed by atoms with Crippen LogP contribution in [-0.2, 0) is 16.6 Å². The Labute approximate surface area is 129 Å². The predicted molar refractivity (Wildman–Crippen MR) is 76.3 cm³/mol. The summed E-state index contributed by atoms with van der Waals surface area (Å²) < 4.78 is 28.5. The number of carbonyl (C=O) groups is 1. The normalized spacial score (nSPS) is 11.5. The van der Waals surface area contributed by atoms with Gasteiger partial charge in [0.2, 0.25) is 10.0 Å². The van der Waals surface area contributed by atoms with Crippen LogP contribution in [-0.4, -0.2) is 40.6 Å². The van der Waals surface area contributed by atoms with E-state index >= 15 is 0 Å². The summed E-state index contributed by atoms with van der Waals surface area (Å²) in [6, 6.07) is 1.44. The molecule has 0 aliphatic heterocycles. The van der Waals surface area contributed by atoms with Crippen LogP contribution in [0.3, 0.4) is 0 Å². The standard InChI is InChI=1S/C11H11BrN4O4S/c12-8-3-9(5-13-4-8)21(19,20)15-1-2-16-6-10(11(17)18)14-7-16/h3-7,15H,1-2H2,(H,17,18). The van der Waals surface area contributed by atoms with Crippen LogP contribution in [0.4, 0.5) is 0 Å². The van der Waals surface area contributed by atoms with Gasteiger partial charge in [-0.3, -0.25) is 4.98 Å². The molecule has 0 aromatic carbocycles.